The second-order valence-corrected chi connectivity index (χ2v) is 4.09. The Morgan fingerprint density at radius 3 is 2.50 bits per heavy atom. The summed E-state index contributed by atoms with van der Waals surface area (Å²) in [6.07, 6.45) is 3.08. The molecule has 0 fully saturated rings. The number of rotatable bonds is 3. The van der Waals surface area contributed by atoms with E-state index in [0.717, 1.165) is 5.39 Å². The van der Waals surface area contributed by atoms with E-state index in [4.69, 9.17) is 9.84 Å². The SMILES string of the molecule is O=C(O)c1ncccc1Oc1cccc2cccnc12. The van der Waals surface area contributed by atoms with E-state index in [2.05, 4.69) is 9.97 Å². The van der Waals surface area contributed by atoms with Crippen LogP contribution in [0.2, 0.25) is 0 Å². The zero-order chi connectivity index (χ0) is 13.9. The summed E-state index contributed by atoms with van der Waals surface area (Å²) in [7, 11) is 0. The van der Waals surface area contributed by atoms with Crippen LogP contribution in [0.4, 0.5) is 0 Å². The summed E-state index contributed by atoms with van der Waals surface area (Å²) in [5.41, 5.74) is 0.552. The minimum absolute atomic E-state index is 0.125. The zero-order valence-electron chi connectivity index (χ0n) is 10.4. The Morgan fingerprint density at radius 2 is 1.65 bits per heavy atom. The lowest BCUT2D eigenvalue weighted by atomic mass is 10.2. The van der Waals surface area contributed by atoms with Gasteiger partial charge in [0.2, 0.25) is 0 Å². The highest BCUT2D eigenvalue weighted by molar-refractivity contribution is 5.89. The average Bonchev–Trinajstić information content (AvgIpc) is 2.48. The Balaban J connectivity index is 2.08. The Hall–Kier alpha value is -2.95. The van der Waals surface area contributed by atoms with Crippen molar-refractivity contribution in [3.05, 3.63) is 60.6 Å². The highest BCUT2D eigenvalue weighted by Crippen LogP contribution is 2.29. The largest absolute Gasteiger partial charge is 0.476 e. The number of carbonyl (C=O) groups is 1. The molecule has 2 aromatic heterocycles. The molecule has 0 amide bonds. The van der Waals surface area contributed by atoms with Crippen LogP contribution in [0, 0.1) is 0 Å². The van der Waals surface area contributed by atoms with Gasteiger partial charge in [-0.2, -0.15) is 0 Å². The van der Waals surface area contributed by atoms with Crippen LogP contribution in [0.3, 0.4) is 0 Å². The van der Waals surface area contributed by atoms with Gasteiger partial charge in [0.05, 0.1) is 0 Å². The second kappa shape index (κ2) is 4.97. The number of para-hydroxylation sites is 1. The van der Waals surface area contributed by atoms with Crippen LogP contribution in [0.25, 0.3) is 10.9 Å². The first-order valence-electron chi connectivity index (χ1n) is 5.95. The van der Waals surface area contributed by atoms with Crippen LogP contribution in [0.5, 0.6) is 11.5 Å². The first kappa shape index (κ1) is 12.1. The van der Waals surface area contributed by atoms with Gasteiger partial charge in [0.1, 0.15) is 5.52 Å². The first-order valence-corrected chi connectivity index (χ1v) is 5.95. The molecule has 5 heteroatoms. The predicted molar refractivity (Wildman–Crippen MR) is 73.0 cm³/mol. The number of pyridine rings is 2. The topological polar surface area (TPSA) is 72.3 Å². The lowest BCUT2D eigenvalue weighted by molar-refractivity contribution is 0.0687. The van der Waals surface area contributed by atoms with Gasteiger partial charge in [0.15, 0.2) is 17.2 Å². The molecule has 98 valence electrons. The summed E-state index contributed by atoms with van der Waals surface area (Å²) < 4.78 is 5.68. The molecule has 1 N–H and O–H groups in total. The van der Waals surface area contributed by atoms with E-state index in [9.17, 15) is 4.79 Å². The fourth-order valence-electron chi connectivity index (χ4n) is 1.91. The molecule has 0 aliphatic rings. The normalized spacial score (nSPS) is 10.4. The third kappa shape index (κ3) is 2.16. The Kier molecular flexibility index (Phi) is 3.01. The van der Waals surface area contributed by atoms with Crippen molar-refractivity contribution >= 4 is 16.9 Å². The molecule has 0 atom stereocenters. The second-order valence-electron chi connectivity index (χ2n) is 4.09. The van der Waals surface area contributed by atoms with Gasteiger partial charge < -0.3 is 9.84 Å². The van der Waals surface area contributed by atoms with Crippen LogP contribution in [0.1, 0.15) is 10.5 Å². The van der Waals surface area contributed by atoms with E-state index in [-0.39, 0.29) is 11.4 Å². The first-order chi connectivity index (χ1) is 9.75. The molecule has 0 unspecified atom stereocenters. The molecule has 5 nitrogen and oxygen atoms in total. The maximum atomic E-state index is 11.1. The Labute approximate surface area is 114 Å². The van der Waals surface area contributed by atoms with Gasteiger partial charge in [-0.3, -0.25) is 4.98 Å². The molecule has 0 bridgehead atoms. The quantitative estimate of drug-likeness (QED) is 0.788. The van der Waals surface area contributed by atoms with E-state index in [1.54, 1.807) is 24.4 Å². The third-order valence-corrected chi connectivity index (χ3v) is 2.79. The molecule has 0 saturated heterocycles. The summed E-state index contributed by atoms with van der Waals surface area (Å²) in [5.74, 6) is -0.439. The third-order valence-electron chi connectivity index (χ3n) is 2.79. The number of hydrogen-bond donors (Lipinski definition) is 1. The van der Waals surface area contributed by atoms with Gasteiger partial charge >= 0.3 is 5.97 Å². The highest BCUT2D eigenvalue weighted by Gasteiger charge is 2.14. The van der Waals surface area contributed by atoms with Gasteiger partial charge in [-0.15, -0.1) is 0 Å². The number of benzene rings is 1. The van der Waals surface area contributed by atoms with Crippen molar-refractivity contribution < 1.29 is 14.6 Å². The fourth-order valence-corrected chi connectivity index (χ4v) is 1.91. The molecule has 3 aromatic rings. The lowest BCUT2D eigenvalue weighted by Crippen LogP contribution is -2.03. The van der Waals surface area contributed by atoms with Gasteiger partial charge in [-0.05, 0) is 24.3 Å². The highest BCUT2D eigenvalue weighted by atomic mass is 16.5. The van der Waals surface area contributed by atoms with E-state index < -0.39 is 5.97 Å². The van der Waals surface area contributed by atoms with Crippen molar-refractivity contribution in [2.24, 2.45) is 0 Å². The maximum absolute atomic E-state index is 11.1. The molecule has 1 aromatic carbocycles. The summed E-state index contributed by atoms with van der Waals surface area (Å²) >= 11 is 0. The van der Waals surface area contributed by atoms with Gasteiger partial charge in [-0.25, -0.2) is 9.78 Å². The molecule has 2 heterocycles. The maximum Gasteiger partial charge on any atom is 0.358 e. The Bertz CT molecular complexity index is 781. The number of hydrogen-bond acceptors (Lipinski definition) is 4. The number of aromatic nitrogens is 2. The average molecular weight is 266 g/mol. The number of carboxylic acid groups (broad SMARTS) is 1. The summed E-state index contributed by atoms with van der Waals surface area (Å²) in [5, 5.41) is 10.0. The van der Waals surface area contributed by atoms with E-state index in [1.807, 2.05) is 24.3 Å². The molecular weight excluding hydrogens is 256 g/mol. The number of fused-ring (bicyclic) bond motifs is 1. The molecule has 0 aliphatic carbocycles. The molecule has 0 radical (unpaired) electrons. The van der Waals surface area contributed by atoms with Crippen molar-refractivity contribution in [3.8, 4) is 11.5 Å². The van der Waals surface area contributed by atoms with Crippen LogP contribution in [-0.4, -0.2) is 21.0 Å². The molecule has 3 rings (SSSR count). The van der Waals surface area contributed by atoms with Crippen molar-refractivity contribution in [3.63, 3.8) is 0 Å². The Morgan fingerprint density at radius 1 is 0.950 bits per heavy atom. The monoisotopic (exact) mass is 266 g/mol. The fraction of sp³-hybridized carbons (Fsp3) is 0. The van der Waals surface area contributed by atoms with E-state index in [1.165, 1.54) is 6.20 Å². The van der Waals surface area contributed by atoms with E-state index >= 15 is 0 Å². The molecule has 20 heavy (non-hydrogen) atoms. The number of ether oxygens (including phenoxy) is 1. The van der Waals surface area contributed by atoms with Gasteiger partial charge in [0.25, 0.3) is 0 Å². The smallest absolute Gasteiger partial charge is 0.358 e. The summed E-state index contributed by atoms with van der Waals surface area (Å²) in [6, 6.07) is 12.4. The molecule has 0 saturated carbocycles. The zero-order valence-corrected chi connectivity index (χ0v) is 10.4. The van der Waals surface area contributed by atoms with Gasteiger partial charge in [-0.1, -0.05) is 18.2 Å². The number of aromatic carboxylic acids is 1. The minimum atomic E-state index is -1.13. The number of carboxylic acids is 1. The van der Waals surface area contributed by atoms with Crippen LogP contribution >= 0.6 is 0 Å². The van der Waals surface area contributed by atoms with Gasteiger partial charge in [0, 0.05) is 17.8 Å². The minimum Gasteiger partial charge on any atom is -0.476 e. The predicted octanol–water partition coefficient (Wildman–Crippen LogP) is 3.12. The number of nitrogens with zero attached hydrogens (tertiary/aromatic N) is 2. The van der Waals surface area contributed by atoms with E-state index in [0.29, 0.717) is 11.3 Å². The van der Waals surface area contributed by atoms with Crippen molar-refractivity contribution in [1.82, 2.24) is 9.97 Å². The molecule has 0 spiro atoms. The summed E-state index contributed by atoms with van der Waals surface area (Å²) in [4.78, 5) is 19.2. The van der Waals surface area contributed by atoms with Crippen molar-refractivity contribution in [2.45, 2.75) is 0 Å². The standard InChI is InChI=1S/C15H10N2O3/c18-15(19)14-12(7-3-9-17-14)20-11-6-1-4-10-5-2-8-16-13(10)11/h1-9H,(H,18,19). The van der Waals surface area contributed by atoms with Crippen LogP contribution in [0.15, 0.2) is 54.9 Å². The lowest BCUT2D eigenvalue weighted by Gasteiger charge is -2.09. The molecular formula is C15H10N2O3. The summed E-state index contributed by atoms with van der Waals surface area (Å²) in [6.45, 7) is 0. The molecule has 0 aliphatic heterocycles. The van der Waals surface area contributed by atoms with Crippen molar-refractivity contribution in [1.29, 1.82) is 0 Å². The van der Waals surface area contributed by atoms with Crippen LogP contribution in [-0.2, 0) is 0 Å². The van der Waals surface area contributed by atoms with Crippen LogP contribution < -0.4 is 4.74 Å². The van der Waals surface area contributed by atoms with Crippen molar-refractivity contribution in [2.75, 3.05) is 0 Å².